The monoisotopic (exact) mass is 363 g/mol. The minimum absolute atomic E-state index is 0.0569. The van der Waals surface area contributed by atoms with Gasteiger partial charge in [-0.15, -0.1) is 11.3 Å². The van der Waals surface area contributed by atoms with Gasteiger partial charge in [-0.05, 0) is 43.7 Å². The molecule has 0 radical (unpaired) electrons. The first-order valence-corrected chi connectivity index (χ1v) is 9.19. The number of imidazole rings is 1. The number of carbonyl (C=O) groups is 1. The van der Waals surface area contributed by atoms with Gasteiger partial charge in [-0.3, -0.25) is 9.20 Å². The molecule has 0 aliphatic heterocycles. The fraction of sp³-hybridized carbons (Fsp3) is 0.158. The predicted octanol–water partition coefficient (Wildman–Crippen LogP) is 4.36. The van der Waals surface area contributed by atoms with Crippen molar-refractivity contribution in [1.82, 2.24) is 19.4 Å². The number of anilines is 2. The van der Waals surface area contributed by atoms with Gasteiger partial charge in [0.15, 0.2) is 10.9 Å². The zero-order valence-electron chi connectivity index (χ0n) is 14.4. The molecule has 0 atom stereocenters. The third kappa shape index (κ3) is 2.97. The number of carbonyl (C=O) groups excluding carboxylic acids is 1. The third-order valence-corrected chi connectivity index (χ3v) is 4.86. The second-order valence-electron chi connectivity index (χ2n) is 5.85. The maximum atomic E-state index is 11.4. The van der Waals surface area contributed by atoms with Gasteiger partial charge in [0.25, 0.3) is 0 Å². The lowest BCUT2D eigenvalue weighted by molar-refractivity contribution is 0.101. The molecule has 1 aromatic carbocycles. The molecule has 0 fully saturated rings. The quantitative estimate of drug-likeness (QED) is 0.533. The Bertz CT molecular complexity index is 1080. The lowest BCUT2D eigenvalue weighted by Crippen LogP contribution is -1.95. The second-order valence-corrected chi connectivity index (χ2v) is 6.70. The van der Waals surface area contributed by atoms with E-state index in [0.29, 0.717) is 11.3 Å². The molecule has 4 aromatic rings. The molecule has 0 amide bonds. The summed E-state index contributed by atoms with van der Waals surface area (Å²) in [7, 11) is 0. The van der Waals surface area contributed by atoms with Crippen molar-refractivity contribution in [2.75, 3.05) is 5.32 Å². The van der Waals surface area contributed by atoms with Crippen molar-refractivity contribution in [1.29, 1.82) is 0 Å². The normalized spacial score (nSPS) is 11.0. The third-order valence-electron chi connectivity index (χ3n) is 4.10. The van der Waals surface area contributed by atoms with Crippen LogP contribution in [0, 0.1) is 0 Å². The van der Waals surface area contributed by atoms with Gasteiger partial charge in [0.1, 0.15) is 5.69 Å². The van der Waals surface area contributed by atoms with E-state index >= 15 is 0 Å². The zero-order chi connectivity index (χ0) is 18.1. The molecular formula is C19H17N5OS. The highest BCUT2D eigenvalue weighted by Gasteiger charge is 2.16. The van der Waals surface area contributed by atoms with Crippen molar-refractivity contribution in [2.45, 2.75) is 20.3 Å². The highest BCUT2D eigenvalue weighted by atomic mass is 32.1. The van der Waals surface area contributed by atoms with Crippen LogP contribution in [0.2, 0.25) is 0 Å². The number of aromatic nitrogens is 4. The largest absolute Gasteiger partial charge is 0.332 e. The molecule has 26 heavy (non-hydrogen) atoms. The molecule has 0 saturated carbocycles. The predicted molar refractivity (Wildman–Crippen MR) is 103 cm³/mol. The molecule has 7 heteroatoms. The van der Waals surface area contributed by atoms with Crippen molar-refractivity contribution in [3.8, 4) is 11.4 Å². The number of nitrogens with one attached hydrogen (secondary N) is 1. The molecule has 4 rings (SSSR count). The van der Waals surface area contributed by atoms with E-state index in [1.54, 1.807) is 13.1 Å². The highest BCUT2D eigenvalue weighted by Crippen LogP contribution is 2.30. The molecule has 0 saturated heterocycles. The van der Waals surface area contributed by atoms with E-state index in [4.69, 9.17) is 4.98 Å². The van der Waals surface area contributed by atoms with E-state index in [2.05, 4.69) is 22.2 Å². The molecular weight excluding hydrogens is 346 g/mol. The molecule has 130 valence electrons. The first-order valence-electron chi connectivity index (χ1n) is 8.31. The van der Waals surface area contributed by atoms with Gasteiger partial charge in [-0.2, -0.15) is 0 Å². The average Bonchev–Trinajstić information content (AvgIpc) is 3.25. The van der Waals surface area contributed by atoms with Gasteiger partial charge < -0.3 is 5.32 Å². The Kier molecular flexibility index (Phi) is 4.22. The summed E-state index contributed by atoms with van der Waals surface area (Å²) in [6, 6.07) is 9.27. The zero-order valence-corrected chi connectivity index (χ0v) is 15.2. The number of rotatable bonds is 5. The SMILES string of the molecule is CCc1nc2ncccn2c1-c1csc(Nc2ccc(C(C)=O)cc2)n1. The Labute approximate surface area is 154 Å². The molecule has 1 N–H and O–H groups in total. The van der Waals surface area contributed by atoms with Crippen LogP contribution in [-0.4, -0.2) is 25.1 Å². The fourth-order valence-corrected chi connectivity index (χ4v) is 3.52. The maximum Gasteiger partial charge on any atom is 0.234 e. The summed E-state index contributed by atoms with van der Waals surface area (Å²) in [5.74, 6) is 0.739. The number of aryl methyl sites for hydroxylation is 1. The van der Waals surface area contributed by atoms with Crippen LogP contribution < -0.4 is 5.32 Å². The molecule has 0 unspecified atom stereocenters. The molecule has 3 heterocycles. The molecule has 0 aliphatic rings. The van der Waals surface area contributed by atoms with Gasteiger partial charge in [0.05, 0.1) is 11.4 Å². The molecule has 0 bridgehead atoms. The van der Waals surface area contributed by atoms with Crippen molar-refractivity contribution in [3.05, 3.63) is 59.4 Å². The summed E-state index contributed by atoms with van der Waals surface area (Å²) in [5.41, 5.74) is 4.42. The van der Waals surface area contributed by atoms with Gasteiger partial charge in [-0.1, -0.05) is 6.92 Å². The summed E-state index contributed by atoms with van der Waals surface area (Å²) in [6.07, 6.45) is 4.51. The number of Topliss-reactive ketones (excluding diaryl/α,β-unsaturated/α-hetero) is 1. The number of fused-ring (bicyclic) bond motifs is 1. The second kappa shape index (κ2) is 6.68. The van der Waals surface area contributed by atoms with Crippen molar-refractivity contribution < 1.29 is 4.79 Å². The molecule has 0 spiro atoms. The molecule has 3 aromatic heterocycles. The summed E-state index contributed by atoms with van der Waals surface area (Å²) in [5, 5.41) is 6.09. The number of nitrogens with zero attached hydrogens (tertiary/aromatic N) is 4. The van der Waals surface area contributed by atoms with E-state index in [1.165, 1.54) is 11.3 Å². The number of thiazole rings is 1. The minimum Gasteiger partial charge on any atom is -0.332 e. The van der Waals surface area contributed by atoms with Crippen molar-refractivity contribution in [3.63, 3.8) is 0 Å². The lowest BCUT2D eigenvalue weighted by Gasteiger charge is -2.03. The molecule has 0 aliphatic carbocycles. The van der Waals surface area contributed by atoms with Crippen LogP contribution in [0.25, 0.3) is 17.2 Å². The van der Waals surface area contributed by atoms with Crippen molar-refractivity contribution >= 4 is 33.7 Å². The summed E-state index contributed by atoms with van der Waals surface area (Å²) >= 11 is 1.53. The first-order chi connectivity index (χ1) is 12.7. The van der Waals surface area contributed by atoms with E-state index in [9.17, 15) is 4.79 Å². The number of benzene rings is 1. The number of hydrogen-bond acceptors (Lipinski definition) is 6. The fourth-order valence-electron chi connectivity index (χ4n) is 2.80. The van der Waals surface area contributed by atoms with Crippen LogP contribution in [0.3, 0.4) is 0 Å². The summed E-state index contributed by atoms with van der Waals surface area (Å²) in [6.45, 7) is 3.64. The van der Waals surface area contributed by atoms with E-state index < -0.39 is 0 Å². The summed E-state index contributed by atoms with van der Waals surface area (Å²) in [4.78, 5) is 25.0. The van der Waals surface area contributed by atoms with Gasteiger partial charge >= 0.3 is 0 Å². The summed E-state index contributed by atoms with van der Waals surface area (Å²) < 4.78 is 1.97. The van der Waals surface area contributed by atoms with Gasteiger partial charge in [0, 0.05) is 29.0 Å². The minimum atomic E-state index is 0.0569. The Hall–Kier alpha value is -3.06. The Morgan fingerprint density at radius 1 is 1.23 bits per heavy atom. The smallest absolute Gasteiger partial charge is 0.234 e. The van der Waals surface area contributed by atoms with E-state index in [0.717, 1.165) is 34.3 Å². The van der Waals surface area contributed by atoms with Crippen LogP contribution in [0.1, 0.15) is 29.9 Å². The van der Waals surface area contributed by atoms with Crippen LogP contribution in [0.5, 0.6) is 0 Å². The van der Waals surface area contributed by atoms with Gasteiger partial charge in [-0.25, -0.2) is 15.0 Å². The number of ketones is 1. The van der Waals surface area contributed by atoms with Crippen LogP contribution in [0.4, 0.5) is 10.8 Å². The Balaban J connectivity index is 1.65. The van der Waals surface area contributed by atoms with Crippen molar-refractivity contribution in [2.24, 2.45) is 0 Å². The highest BCUT2D eigenvalue weighted by molar-refractivity contribution is 7.14. The van der Waals surface area contributed by atoms with Crippen LogP contribution >= 0.6 is 11.3 Å². The maximum absolute atomic E-state index is 11.4. The van der Waals surface area contributed by atoms with E-state index in [-0.39, 0.29) is 5.78 Å². The number of hydrogen-bond donors (Lipinski definition) is 1. The van der Waals surface area contributed by atoms with E-state index in [1.807, 2.05) is 46.3 Å². The average molecular weight is 363 g/mol. The topological polar surface area (TPSA) is 72.2 Å². The lowest BCUT2D eigenvalue weighted by atomic mass is 10.1. The van der Waals surface area contributed by atoms with Gasteiger partial charge in [0.2, 0.25) is 5.78 Å². The van der Waals surface area contributed by atoms with Crippen LogP contribution in [0.15, 0.2) is 48.1 Å². The molecule has 6 nitrogen and oxygen atoms in total. The standard InChI is InChI=1S/C19H17N5OS/c1-3-15-17(24-10-4-9-20-18(24)22-15)16-11-26-19(23-16)21-14-7-5-13(6-8-14)12(2)25/h4-11H,3H2,1-2H3,(H,21,23). The Morgan fingerprint density at radius 3 is 2.77 bits per heavy atom. The Morgan fingerprint density at radius 2 is 2.04 bits per heavy atom. The van der Waals surface area contributed by atoms with Crippen LogP contribution in [-0.2, 0) is 6.42 Å². The first kappa shape index (κ1) is 16.4.